The monoisotopic (exact) mass is 355 g/mol. The molecule has 0 aliphatic carbocycles. The van der Waals surface area contributed by atoms with Gasteiger partial charge < -0.3 is 21.7 Å². The molecule has 8 nitrogen and oxygen atoms in total. The van der Waals surface area contributed by atoms with E-state index in [2.05, 4.69) is 25.2 Å². The number of anilines is 3. The Morgan fingerprint density at radius 1 is 1.35 bits per heavy atom. The van der Waals surface area contributed by atoms with Gasteiger partial charge in [-0.3, -0.25) is 4.79 Å². The molecule has 1 atom stereocenters. The second-order valence-corrected chi connectivity index (χ2v) is 6.54. The van der Waals surface area contributed by atoms with Crippen LogP contribution in [0.15, 0.2) is 18.3 Å². The first-order valence-corrected chi connectivity index (χ1v) is 8.88. The molecule has 2 aromatic rings. The lowest BCUT2D eigenvalue weighted by Crippen LogP contribution is -2.48. The van der Waals surface area contributed by atoms with Crippen LogP contribution in [0.3, 0.4) is 0 Å². The normalized spacial score (nSPS) is 17.2. The Morgan fingerprint density at radius 3 is 2.85 bits per heavy atom. The second-order valence-electron chi connectivity index (χ2n) is 6.54. The van der Waals surface area contributed by atoms with Crippen molar-refractivity contribution in [3.05, 3.63) is 24.0 Å². The molecule has 3 rings (SSSR count). The van der Waals surface area contributed by atoms with E-state index in [-0.39, 0.29) is 17.9 Å². The first-order valence-electron chi connectivity index (χ1n) is 8.88. The van der Waals surface area contributed by atoms with Crippen molar-refractivity contribution in [2.45, 2.75) is 39.2 Å². The Morgan fingerprint density at radius 2 is 2.15 bits per heavy atom. The minimum Gasteiger partial charge on any atom is -0.384 e. The van der Waals surface area contributed by atoms with E-state index in [1.54, 1.807) is 12.3 Å². The lowest BCUT2D eigenvalue weighted by molar-refractivity contribution is -0.121. The van der Waals surface area contributed by atoms with Gasteiger partial charge in [0.1, 0.15) is 11.6 Å². The Balaban J connectivity index is 1.96. The summed E-state index contributed by atoms with van der Waals surface area (Å²) in [5.74, 6) is 1.55. The summed E-state index contributed by atoms with van der Waals surface area (Å²) >= 11 is 0. The van der Waals surface area contributed by atoms with Crippen molar-refractivity contribution in [1.82, 2.24) is 20.3 Å². The molecule has 0 radical (unpaired) electrons. The number of hydrogen-bond acceptors (Lipinski definition) is 7. The van der Waals surface area contributed by atoms with Crippen LogP contribution < -0.4 is 21.7 Å². The average Bonchev–Trinajstić information content (AvgIpc) is 2.62. The molecule has 1 aliphatic heterocycles. The third-order valence-electron chi connectivity index (χ3n) is 4.57. The summed E-state index contributed by atoms with van der Waals surface area (Å²) in [7, 11) is 0. The van der Waals surface area contributed by atoms with E-state index in [0.717, 1.165) is 42.0 Å². The molecule has 138 valence electrons. The predicted molar refractivity (Wildman–Crippen MR) is 102 cm³/mol. The fourth-order valence-corrected chi connectivity index (χ4v) is 3.32. The number of rotatable bonds is 4. The minimum atomic E-state index is 0.0678. The Kier molecular flexibility index (Phi) is 5.20. The molecule has 0 spiro atoms. The fourth-order valence-electron chi connectivity index (χ4n) is 3.32. The zero-order valence-corrected chi connectivity index (χ0v) is 15.2. The van der Waals surface area contributed by atoms with Crippen LogP contribution in [-0.4, -0.2) is 40.0 Å². The number of hydrogen-bond donors (Lipinski definition) is 3. The van der Waals surface area contributed by atoms with Gasteiger partial charge in [-0.15, -0.1) is 0 Å². The summed E-state index contributed by atoms with van der Waals surface area (Å²) < 4.78 is 0. The summed E-state index contributed by atoms with van der Waals surface area (Å²) in [5, 5.41) is 3.08. The van der Waals surface area contributed by atoms with Gasteiger partial charge in [-0.05, 0) is 31.9 Å². The predicted octanol–water partition coefficient (Wildman–Crippen LogP) is 1.51. The van der Waals surface area contributed by atoms with Gasteiger partial charge >= 0.3 is 0 Å². The number of amides is 1. The van der Waals surface area contributed by atoms with Crippen molar-refractivity contribution in [3.63, 3.8) is 0 Å². The molecule has 0 bridgehead atoms. The van der Waals surface area contributed by atoms with E-state index in [1.165, 1.54) is 0 Å². The van der Waals surface area contributed by atoms with Gasteiger partial charge in [0.15, 0.2) is 0 Å². The van der Waals surface area contributed by atoms with Crippen LogP contribution >= 0.6 is 0 Å². The molecule has 2 aromatic heterocycles. The molecule has 3 heterocycles. The number of nitrogen functional groups attached to an aromatic ring is 2. The third kappa shape index (κ3) is 3.84. The van der Waals surface area contributed by atoms with E-state index in [4.69, 9.17) is 11.5 Å². The highest BCUT2D eigenvalue weighted by molar-refractivity contribution is 5.79. The second kappa shape index (κ2) is 7.55. The highest BCUT2D eigenvalue weighted by Crippen LogP contribution is 2.33. The van der Waals surface area contributed by atoms with E-state index in [1.807, 2.05) is 19.9 Å². The Bertz CT molecular complexity index is 791. The summed E-state index contributed by atoms with van der Waals surface area (Å²) in [6, 6.07) is 3.77. The van der Waals surface area contributed by atoms with E-state index < -0.39 is 0 Å². The number of carbonyl (C=O) groups is 1. The van der Waals surface area contributed by atoms with Crippen molar-refractivity contribution in [2.24, 2.45) is 0 Å². The van der Waals surface area contributed by atoms with Gasteiger partial charge in [0.2, 0.25) is 11.9 Å². The Labute approximate surface area is 153 Å². The van der Waals surface area contributed by atoms with Gasteiger partial charge in [0, 0.05) is 42.9 Å². The molecule has 1 saturated heterocycles. The number of carbonyl (C=O) groups excluding carboxylic acids is 1. The molecule has 0 aromatic carbocycles. The molecule has 8 heteroatoms. The minimum absolute atomic E-state index is 0.0678. The summed E-state index contributed by atoms with van der Waals surface area (Å²) in [4.78, 5) is 26.9. The van der Waals surface area contributed by atoms with Crippen LogP contribution in [0.25, 0.3) is 11.1 Å². The van der Waals surface area contributed by atoms with Crippen LogP contribution in [0.5, 0.6) is 0 Å². The highest BCUT2D eigenvalue weighted by atomic mass is 16.1. The van der Waals surface area contributed by atoms with Crippen molar-refractivity contribution >= 4 is 23.5 Å². The van der Waals surface area contributed by atoms with E-state index in [9.17, 15) is 4.79 Å². The Hall–Kier alpha value is -2.90. The van der Waals surface area contributed by atoms with Gasteiger partial charge in [-0.1, -0.05) is 6.92 Å². The average molecular weight is 355 g/mol. The molecular formula is C18H25N7O. The van der Waals surface area contributed by atoms with Crippen molar-refractivity contribution in [1.29, 1.82) is 0 Å². The van der Waals surface area contributed by atoms with Crippen molar-refractivity contribution < 1.29 is 4.79 Å². The smallest absolute Gasteiger partial charge is 0.222 e. The standard InChI is InChI=1S/C18H25N7O/c1-3-15(26)23-13-5-4-8-25(10-13)17-16(11(2)22-18(20)24-17)12-6-7-14(19)21-9-12/h6-7,9,13H,3-5,8,10H2,1-2H3,(H2,19,21)(H,23,26)(H2,20,22,24). The maximum Gasteiger partial charge on any atom is 0.222 e. The van der Waals surface area contributed by atoms with Gasteiger partial charge in [-0.25, -0.2) is 9.97 Å². The summed E-state index contributed by atoms with van der Waals surface area (Å²) in [5.41, 5.74) is 14.2. The first-order chi connectivity index (χ1) is 12.5. The number of nitrogens with zero attached hydrogens (tertiary/aromatic N) is 4. The van der Waals surface area contributed by atoms with Crippen molar-refractivity contribution in [2.75, 3.05) is 29.5 Å². The van der Waals surface area contributed by atoms with Crippen LogP contribution in [-0.2, 0) is 4.79 Å². The van der Waals surface area contributed by atoms with E-state index in [0.29, 0.717) is 18.8 Å². The largest absolute Gasteiger partial charge is 0.384 e. The number of aromatic nitrogens is 3. The van der Waals surface area contributed by atoms with Crippen molar-refractivity contribution in [3.8, 4) is 11.1 Å². The first kappa shape index (κ1) is 17.9. The quantitative estimate of drug-likeness (QED) is 0.759. The fraction of sp³-hybridized carbons (Fsp3) is 0.444. The lowest BCUT2D eigenvalue weighted by atomic mass is 10.0. The molecule has 1 amide bonds. The van der Waals surface area contributed by atoms with Gasteiger partial charge in [0.25, 0.3) is 0 Å². The number of pyridine rings is 1. The molecule has 0 saturated carbocycles. The number of nitrogens with one attached hydrogen (secondary N) is 1. The van der Waals surface area contributed by atoms with E-state index >= 15 is 0 Å². The maximum absolute atomic E-state index is 11.8. The summed E-state index contributed by atoms with van der Waals surface area (Å²) in [6.07, 6.45) is 4.14. The molecule has 26 heavy (non-hydrogen) atoms. The molecule has 1 aliphatic rings. The lowest BCUT2D eigenvalue weighted by Gasteiger charge is -2.35. The topological polar surface area (TPSA) is 123 Å². The molecule has 1 fully saturated rings. The molecule has 5 N–H and O–H groups in total. The zero-order chi connectivity index (χ0) is 18.7. The van der Waals surface area contributed by atoms with Crippen LogP contribution in [0.1, 0.15) is 31.9 Å². The van der Waals surface area contributed by atoms with Gasteiger partial charge in [0.05, 0.1) is 5.69 Å². The molecule has 1 unspecified atom stereocenters. The zero-order valence-electron chi connectivity index (χ0n) is 15.2. The number of piperidine rings is 1. The highest BCUT2D eigenvalue weighted by Gasteiger charge is 2.25. The van der Waals surface area contributed by atoms with Crippen LogP contribution in [0.2, 0.25) is 0 Å². The number of aryl methyl sites for hydroxylation is 1. The number of nitrogens with two attached hydrogens (primary N) is 2. The molecular weight excluding hydrogens is 330 g/mol. The third-order valence-corrected chi connectivity index (χ3v) is 4.57. The SMILES string of the molecule is CCC(=O)NC1CCCN(c2nc(N)nc(C)c2-c2ccc(N)nc2)C1. The van der Waals surface area contributed by atoms with Gasteiger partial charge in [-0.2, -0.15) is 4.98 Å². The van der Waals surface area contributed by atoms with Crippen LogP contribution in [0, 0.1) is 6.92 Å². The maximum atomic E-state index is 11.8. The van der Waals surface area contributed by atoms with Crippen LogP contribution in [0.4, 0.5) is 17.6 Å². The summed E-state index contributed by atoms with van der Waals surface area (Å²) in [6.45, 7) is 5.31.